The third-order valence-corrected chi connectivity index (χ3v) is 4.72. The van der Waals surface area contributed by atoms with Crippen LogP contribution in [-0.4, -0.2) is 39.5 Å². The highest BCUT2D eigenvalue weighted by Crippen LogP contribution is 2.03. The van der Waals surface area contributed by atoms with Crippen molar-refractivity contribution in [3.8, 4) is 0 Å². The van der Waals surface area contributed by atoms with Crippen LogP contribution in [0.1, 0.15) is 59.3 Å². The van der Waals surface area contributed by atoms with E-state index < -0.39 is 23.0 Å². The molecule has 0 aromatic carbocycles. The summed E-state index contributed by atoms with van der Waals surface area (Å²) in [5.41, 5.74) is -2.32. The summed E-state index contributed by atoms with van der Waals surface area (Å²) in [4.78, 5) is 50.3. The number of carbonyl (C=O) groups is 1. The summed E-state index contributed by atoms with van der Waals surface area (Å²) >= 11 is 0. The highest BCUT2D eigenvalue weighted by atomic mass is 16.5. The Balaban J connectivity index is 3.13. The van der Waals surface area contributed by atoms with Crippen LogP contribution in [0.25, 0.3) is 0 Å². The Labute approximate surface area is 194 Å². The van der Waals surface area contributed by atoms with Gasteiger partial charge >= 0.3 is 23.0 Å². The van der Waals surface area contributed by atoms with Crippen molar-refractivity contribution in [2.75, 3.05) is 19.8 Å². The average Bonchev–Trinajstić information content (AvgIpc) is 2.76. The van der Waals surface area contributed by atoms with Crippen LogP contribution in [0.15, 0.2) is 39.1 Å². The molecule has 0 radical (unpaired) electrons. The molecular weight excluding hydrogens is 430 g/mol. The number of allylic oxidation sites excluding steroid dienone is 2. The summed E-state index contributed by atoms with van der Waals surface area (Å²) in [6.07, 6.45) is 3.92. The molecule has 0 amide bonds. The first-order chi connectivity index (χ1) is 15.8. The van der Waals surface area contributed by atoms with Gasteiger partial charge in [-0.3, -0.25) is 4.79 Å². The van der Waals surface area contributed by atoms with Crippen LogP contribution in [0, 0.1) is 0 Å². The van der Waals surface area contributed by atoms with Gasteiger partial charge in [-0.05, 0) is 19.3 Å². The number of hydrogen-bond donors (Lipinski definition) is 0. The maximum absolute atomic E-state index is 12.9. The minimum atomic E-state index is -0.784. The molecule has 0 N–H and O–H groups in total. The van der Waals surface area contributed by atoms with E-state index in [4.69, 9.17) is 14.2 Å². The van der Waals surface area contributed by atoms with Crippen LogP contribution in [-0.2, 0) is 38.6 Å². The Hall–Kier alpha value is -3.04. The molecule has 0 aliphatic rings. The van der Waals surface area contributed by atoms with Crippen LogP contribution in [0.5, 0.6) is 0 Å². The number of aromatic nitrogens is 3. The zero-order chi connectivity index (χ0) is 24.8. The number of nitrogens with zero attached hydrogens (tertiary/aromatic N) is 3. The summed E-state index contributed by atoms with van der Waals surface area (Å²) in [6.45, 7) is 13.1. The van der Waals surface area contributed by atoms with Crippen LogP contribution in [0.2, 0.25) is 0 Å². The predicted octanol–water partition coefficient (Wildman–Crippen LogP) is 2.18. The highest BCUT2D eigenvalue weighted by molar-refractivity contribution is 5.69. The molecule has 0 bridgehead atoms. The first kappa shape index (κ1) is 28.0. The molecule has 1 rings (SSSR count). The van der Waals surface area contributed by atoms with Crippen molar-refractivity contribution in [2.24, 2.45) is 0 Å². The van der Waals surface area contributed by atoms with Crippen molar-refractivity contribution in [1.82, 2.24) is 13.7 Å². The molecule has 0 aliphatic heterocycles. The number of hydrogen-bond acceptors (Lipinski definition) is 7. The maximum Gasteiger partial charge on any atom is 0.336 e. The van der Waals surface area contributed by atoms with E-state index in [-0.39, 0.29) is 45.9 Å². The van der Waals surface area contributed by atoms with Crippen molar-refractivity contribution >= 4 is 5.97 Å². The molecule has 1 heterocycles. The summed E-state index contributed by atoms with van der Waals surface area (Å²) in [7, 11) is 0. The second-order valence-corrected chi connectivity index (χ2v) is 7.55. The highest BCUT2D eigenvalue weighted by Gasteiger charge is 2.16. The molecule has 0 fully saturated rings. The lowest BCUT2D eigenvalue weighted by Crippen LogP contribution is -2.55. The molecule has 186 valence electrons. The van der Waals surface area contributed by atoms with Gasteiger partial charge in [-0.2, -0.15) is 0 Å². The van der Waals surface area contributed by atoms with Gasteiger partial charge in [0.25, 0.3) is 0 Å². The third-order valence-electron chi connectivity index (χ3n) is 4.72. The second kappa shape index (κ2) is 14.9. The number of ether oxygens (including phenoxy) is 3. The van der Waals surface area contributed by atoms with E-state index in [1.807, 2.05) is 20.8 Å². The van der Waals surface area contributed by atoms with E-state index in [0.29, 0.717) is 30.8 Å². The molecule has 1 aromatic heterocycles. The summed E-state index contributed by atoms with van der Waals surface area (Å²) in [6, 6.07) is 0. The summed E-state index contributed by atoms with van der Waals surface area (Å²) < 4.78 is 18.8. The molecule has 0 spiro atoms. The van der Waals surface area contributed by atoms with Crippen molar-refractivity contribution in [2.45, 2.75) is 78.9 Å². The smallest absolute Gasteiger partial charge is 0.336 e. The molecular formula is C23H37N3O7. The van der Waals surface area contributed by atoms with E-state index in [0.717, 1.165) is 26.5 Å². The quantitative estimate of drug-likeness (QED) is 0.255. The van der Waals surface area contributed by atoms with Gasteiger partial charge in [-0.15, -0.1) is 0 Å². The minimum absolute atomic E-state index is 0.0558. The van der Waals surface area contributed by atoms with Gasteiger partial charge in [0, 0.05) is 19.3 Å². The summed E-state index contributed by atoms with van der Waals surface area (Å²) in [5, 5.41) is 0. The van der Waals surface area contributed by atoms with Gasteiger partial charge in [-0.1, -0.05) is 33.9 Å². The fourth-order valence-electron chi connectivity index (χ4n) is 3.05. The summed E-state index contributed by atoms with van der Waals surface area (Å²) in [5.74, 6) is 0.708. The number of esters is 1. The Morgan fingerprint density at radius 3 is 1.30 bits per heavy atom. The first-order valence-electron chi connectivity index (χ1n) is 11.5. The topological polar surface area (TPSA) is 111 Å². The maximum atomic E-state index is 12.9. The molecule has 0 atom stereocenters. The molecule has 0 unspecified atom stereocenters. The zero-order valence-electron chi connectivity index (χ0n) is 20.1. The molecule has 10 nitrogen and oxygen atoms in total. The van der Waals surface area contributed by atoms with Crippen LogP contribution >= 0.6 is 0 Å². The fourth-order valence-corrected chi connectivity index (χ4v) is 3.05. The predicted molar refractivity (Wildman–Crippen MR) is 125 cm³/mol. The monoisotopic (exact) mass is 467 g/mol. The molecule has 0 aliphatic carbocycles. The normalized spacial score (nSPS) is 10.6. The molecule has 0 saturated heterocycles. The van der Waals surface area contributed by atoms with Crippen molar-refractivity contribution < 1.29 is 19.0 Å². The van der Waals surface area contributed by atoms with Gasteiger partial charge in [0.05, 0.1) is 31.2 Å². The standard InChI is InChI=1S/C23H37N3O7/c1-6-9-18(4)31-15-12-24-21(28)25(13-16-32-19(5)10-7-2)23(30)26(22(24)29)14-17-33-20(27)11-8-3/h4-17H2,1-3H3. The van der Waals surface area contributed by atoms with Crippen molar-refractivity contribution in [1.29, 1.82) is 0 Å². The van der Waals surface area contributed by atoms with Gasteiger partial charge in [0.15, 0.2) is 0 Å². The Kier molecular flexibility index (Phi) is 12.7. The van der Waals surface area contributed by atoms with E-state index in [1.54, 1.807) is 0 Å². The van der Waals surface area contributed by atoms with Gasteiger partial charge in [-0.25, -0.2) is 28.1 Å². The van der Waals surface area contributed by atoms with E-state index in [9.17, 15) is 19.2 Å². The molecule has 1 aromatic rings. The molecule has 0 saturated carbocycles. The van der Waals surface area contributed by atoms with Crippen LogP contribution in [0.4, 0.5) is 0 Å². The van der Waals surface area contributed by atoms with Crippen LogP contribution < -0.4 is 17.1 Å². The Morgan fingerprint density at radius 2 is 0.970 bits per heavy atom. The van der Waals surface area contributed by atoms with E-state index in [1.165, 1.54) is 0 Å². The largest absolute Gasteiger partial charge is 0.497 e. The minimum Gasteiger partial charge on any atom is -0.497 e. The van der Waals surface area contributed by atoms with Crippen molar-refractivity contribution in [3.05, 3.63) is 56.1 Å². The van der Waals surface area contributed by atoms with Crippen molar-refractivity contribution in [3.63, 3.8) is 0 Å². The first-order valence-corrected chi connectivity index (χ1v) is 11.5. The van der Waals surface area contributed by atoms with Crippen LogP contribution in [0.3, 0.4) is 0 Å². The second-order valence-electron chi connectivity index (χ2n) is 7.55. The van der Waals surface area contributed by atoms with Gasteiger partial charge in [0.2, 0.25) is 0 Å². The number of rotatable bonds is 17. The average molecular weight is 468 g/mol. The van der Waals surface area contributed by atoms with Gasteiger partial charge in [0.1, 0.15) is 19.8 Å². The fraction of sp³-hybridized carbons (Fsp3) is 0.652. The Morgan fingerprint density at radius 1 is 0.636 bits per heavy atom. The lowest BCUT2D eigenvalue weighted by atomic mass is 10.3. The van der Waals surface area contributed by atoms with Gasteiger partial charge < -0.3 is 14.2 Å². The zero-order valence-corrected chi connectivity index (χ0v) is 20.1. The Bertz CT molecular complexity index is 818. The lowest BCUT2D eigenvalue weighted by Gasteiger charge is -2.15. The number of carbonyl (C=O) groups excluding carboxylic acids is 1. The molecule has 10 heteroatoms. The molecule has 33 heavy (non-hydrogen) atoms. The third kappa shape index (κ3) is 9.15. The van der Waals surface area contributed by atoms with E-state index in [2.05, 4.69) is 13.2 Å². The lowest BCUT2D eigenvalue weighted by molar-refractivity contribution is -0.144. The SMILES string of the molecule is C=C(CCC)OCCn1c(=O)n(CCOC(=C)CCC)c(=O)n(CCOC(=O)CCC)c1=O. The van der Waals surface area contributed by atoms with E-state index >= 15 is 0 Å².